The first kappa shape index (κ1) is 42.4. The van der Waals surface area contributed by atoms with Gasteiger partial charge in [-0.3, -0.25) is 0 Å². The van der Waals surface area contributed by atoms with Crippen LogP contribution in [0.1, 0.15) is 66.6 Å². The highest BCUT2D eigenvalue weighted by Crippen LogP contribution is 2.44. The maximum absolute atomic E-state index is 5.32. The Balaban J connectivity index is 0.000000485. The number of benzene rings is 6. The van der Waals surface area contributed by atoms with Crippen LogP contribution in [-0.4, -0.2) is 10.7 Å². The third-order valence-electron chi connectivity index (χ3n) is 11.1. The molecule has 1 aromatic heterocycles. The van der Waals surface area contributed by atoms with Crippen LogP contribution in [0.4, 0.5) is 0 Å². The molecular formula is C55H58N4S. The molecule has 0 aliphatic heterocycles. The summed E-state index contributed by atoms with van der Waals surface area (Å²) >= 11 is 1.96. The van der Waals surface area contributed by atoms with E-state index in [0.29, 0.717) is 0 Å². The maximum Gasteiger partial charge on any atom is 0.0778 e. The second-order valence-electron chi connectivity index (χ2n) is 15.6. The second-order valence-corrected chi connectivity index (χ2v) is 16.6. The van der Waals surface area contributed by atoms with Gasteiger partial charge in [0.05, 0.1) is 11.7 Å². The Morgan fingerprint density at radius 1 is 0.817 bits per heavy atom. The number of rotatable bonds is 14. The Bertz CT molecular complexity index is 2640. The first-order valence-corrected chi connectivity index (χ1v) is 22.1. The van der Waals surface area contributed by atoms with Crippen molar-refractivity contribution in [3.8, 4) is 16.8 Å². The van der Waals surface area contributed by atoms with Crippen LogP contribution in [0.5, 0.6) is 0 Å². The topological polar surface area (TPSA) is 69.0 Å². The van der Waals surface area contributed by atoms with Gasteiger partial charge >= 0.3 is 0 Å². The number of nitrogens with one attached hydrogen (secondary N) is 1. The van der Waals surface area contributed by atoms with Gasteiger partial charge in [-0.05, 0) is 125 Å². The number of unbranched alkanes of at least 4 members (excludes halogenated alkanes) is 1. The fourth-order valence-corrected chi connectivity index (χ4v) is 9.07. The molecule has 0 unspecified atom stereocenters. The molecule has 5 N–H and O–H groups in total. The zero-order chi connectivity index (χ0) is 41.8. The molecule has 0 saturated heterocycles. The molecule has 8 rings (SSSR count). The van der Waals surface area contributed by atoms with E-state index in [1.807, 2.05) is 36.9 Å². The summed E-state index contributed by atoms with van der Waals surface area (Å²) < 4.78 is 2.56. The lowest BCUT2D eigenvalue weighted by molar-refractivity contribution is 0.693. The summed E-state index contributed by atoms with van der Waals surface area (Å²) in [5.41, 5.74) is 24.6. The predicted octanol–water partition coefficient (Wildman–Crippen LogP) is 13.4. The van der Waals surface area contributed by atoms with E-state index < -0.39 is 6.17 Å². The number of nitrogens with zero attached hydrogens (tertiary/aromatic N) is 1. The molecule has 1 heterocycles. The zero-order valence-corrected chi connectivity index (χ0v) is 36.1. The summed E-state index contributed by atoms with van der Waals surface area (Å²) in [6.07, 6.45) is 17.4. The van der Waals surface area contributed by atoms with Crippen LogP contribution in [0, 0.1) is 6.92 Å². The number of nitrogens with two attached hydrogens (primary N) is 2. The first-order chi connectivity index (χ1) is 29.3. The molecule has 1 aliphatic rings. The number of aryl methyl sites for hydroxylation is 3. The van der Waals surface area contributed by atoms with Gasteiger partial charge in [0.1, 0.15) is 0 Å². The van der Waals surface area contributed by atoms with Crippen LogP contribution in [0.2, 0.25) is 0 Å². The minimum atomic E-state index is -0.443. The van der Waals surface area contributed by atoms with E-state index in [0.717, 1.165) is 37.9 Å². The molecule has 0 spiro atoms. The van der Waals surface area contributed by atoms with Gasteiger partial charge in [-0.25, -0.2) is 0 Å². The zero-order valence-electron chi connectivity index (χ0n) is 35.3. The number of fused-ring (bicyclic) bond motifs is 4. The summed E-state index contributed by atoms with van der Waals surface area (Å²) in [6.45, 7) is 11.9. The third-order valence-corrected chi connectivity index (χ3v) is 12.5. The monoisotopic (exact) mass is 806 g/mol. The van der Waals surface area contributed by atoms with Gasteiger partial charge in [0, 0.05) is 39.6 Å². The molecule has 0 bridgehead atoms. The maximum atomic E-state index is 5.32. The molecule has 0 atom stereocenters. The minimum absolute atomic E-state index is 0.443. The molecule has 60 heavy (non-hydrogen) atoms. The Hall–Kier alpha value is -5.69. The van der Waals surface area contributed by atoms with Gasteiger partial charge in [-0.15, -0.1) is 0 Å². The van der Waals surface area contributed by atoms with Crippen molar-refractivity contribution in [2.45, 2.75) is 81.9 Å². The lowest BCUT2D eigenvalue weighted by Crippen LogP contribution is -2.31. The standard InChI is InChI=1S/C47H44N2S.C8H14N2/c1-3-4-16-37-24-27-43-42-20-10-11-21-44(42)49(46(43)47(37)50-45-30-40-18-9-8-17-38(40)28-33(45)2)41-25-22-36(23-26-41)39-19-12-15-35(29-39)32-48-31-34-13-6-5-7-14-34;1-3-4-5-6-7(2)8(9)10/h5-9,11-15,17-19,21-30,48H,3-4,10,16,20,31-32H2,1-2H3;3-6,8H,2,9-10H2,1H3/b;4-3-,6-5-. The van der Waals surface area contributed by atoms with Gasteiger partial charge in [0.25, 0.3) is 0 Å². The van der Waals surface area contributed by atoms with E-state index in [4.69, 9.17) is 11.5 Å². The first-order valence-electron chi connectivity index (χ1n) is 21.3. The highest BCUT2D eigenvalue weighted by atomic mass is 32.2. The Morgan fingerprint density at radius 2 is 1.55 bits per heavy atom. The summed E-state index contributed by atoms with van der Waals surface area (Å²) in [6, 6.07) is 47.1. The van der Waals surface area contributed by atoms with E-state index in [2.05, 4.69) is 170 Å². The lowest BCUT2D eigenvalue weighted by atomic mass is 9.99. The molecule has 4 nitrogen and oxygen atoms in total. The van der Waals surface area contributed by atoms with Crippen molar-refractivity contribution < 1.29 is 0 Å². The third kappa shape index (κ3) is 10.2. The molecule has 6 aromatic carbocycles. The van der Waals surface area contributed by atoms with Crippen molar-refractivity contribution in [3.63, 3.8) is 0 Å². The summed E-state index contributed by atoms with van der Waals surface area (Å²) in [5.74, 6) is 0. The molecule has 7 aromatic rings. The number of aromatic nitrogens is 1. The van der Waals surface area contributed by atoms with Gasteiger partial charge in [0.2, 0.25) is 0 Å². The van der Waals surface area contributed by atoms with Crippen LogP contribution in [-0.2, 0) is 25.9 Å². The predicted molar refractivity (Wildman–Crippen MR) is 260 cm³/mol. The molecular weight excluding hydrogens is 749 g/mol. The Labute approximate surface area is 361 Å². The Kier molecular flexibility index (Phi) is 14.5. The molecule has 0 fully saturated rings. The van der Waals surface area contributed by atoms with E-state index in [9.17, 15) is 0 Å². The van der Waals surface area contributed by atoms with Crippen molar-refractivity contribution in [3.05, 3.63) is 203 Å². The van der Waals surface area contributed by atoms with E-state index in [1.54, 1.807) is 6.08 Å². The van der Waals surface area contributed by atoms with Gasteiger partial charge in [0.15, 0.2) is 0 Å². The molecule has 304 valence electrons. The number of hydrogen-bond donors (Lipinski definition) is 3. The van der Waals surface area contributed by atoms with Crippen molar-refractivity contribution >= 4 is 39.5 Å². The molecule has 0 radical (unpaired) electrons. The number of hydrogen-bond acceptors (Lipinski definition) is 4. The highest BCUT2D eigenvalue weighted by Gasteiger charge is 2.23. The lowest BCUT2D eigenvalue weighted by Gasteiger charge is -2.17. The van der Waals surface area contributed by atoms with E-state index in [1.165, 1.54) is 94.6 Å². The average Bonchev–Trinajstić information content (AvgIpc) is 3.62. The molecule has 0 amide bonds. The van der Waals surface area contributed by atoms with Gasteiger partial charge < -0.3 is 21.4 Å². The largest absolute Gasteiger partial charge is 0.312 e. The van der Waals surface area contributed by atoms with Crippen molar-refractivity contribution in [1.29, 1.82) is 0 Å². The van der Waals surface area contributed by atoms with Crippen LogP contribution < -0.4 is 16.8 Å². The highest BCUT2D eigenvalue weighted by molar-refractivity contribution is 7.99. The number of allylic oxidation sites excluding steroid dienone is 4. The fraction of sp³-hybridized carbons (Fsp3) is 0.200. The minimum Gasteiger partial charge on any atom is -0.312 e. The Morgan fingerprint density at radius 3 is 2.30 bits per heavy atom. The summed E-state index contributed by atoms with van der Waals surface area (Å²) in [5, 5.41) is 7.61. The molecule has 1 aliphatic carbocycles. The normalized spacial score (nSPS) is 12.4. The van der Waals surface area contributed by atoms with Crippen LogP contribution in [0.3, 0.4) is 0 Å². The summed E-state index contributed by atoms with van der Waals surface area (Å²) in [4.78, 5) is 2.74. The van der Waals surface area contributed by atoms with Crippen molar-refractivity contribution in [2.24, 2.45) is 11.5 Å². The quantitative estimate of drug-likeness (QED) is 0.0756. The SMILES string of the molecule is C=C(/C=C\C=C/C)C(N)N.CCCCc1ccc2c3c(n(-c4ccc(-c5cccc(CNCc6ccccc6)c5)cc4)c2c1Sc1cc2ccccc2cc1C)C=CCC3. The van der Waals surface area contributed by atoms with E-state index in [-0.39, 0.29) is 0 Å². The van der Waals surface area contributed by atoms with Crippen LogP contribution in [0.15, 0.2) is 180 Å². The van der Waals surface area contributed by atoms with Crippen LogP contribution in [0.25, 0.3) is 44.6 Å². The van der Waals surface area contributed by atoms with Crippen molar-refractivity contribution in [2.75, 3.05) is 0 Å². The van der Waals surface area contributed by atoms with Gasteiger partial charge in [-0.1, -0.05) is 165 Å². The van der Waals surface area contributed by atoms with E-state index >= 15 is 0 Å². The molecule has 0 saturated carbocycles. The van der Waals surface area contributed by atoms with Gasteiger partial charge in [-0.2, -0.15) is 0 Å². The smallest absolute Gasteiger partial charge is 0.0778 e. The second kappa shape index (κ2) is 20.5. The molecule has 5 heteroatoms. The van der Waals surface area contributed by atoms with Crippen LogP contribution >= 0.6 is 11.8 Å². The van der Waals surface area contributed by atoms with Crippen molar-refractivity contribution in [1.82, 2.24) is 9.88 Å². The summed E-state index contributed by atoms with van der Waals surface area (Å²) in [7, 11) is 0. The average molecular weight is 807 g/mol. The fourth-order valence-electron chi connectivity index (χ4n) is 7.84.